The Hall–Kier alpha value is -3.94. The average molecular weight is 402 g/mol. The van der Waals surface area contributed by atoms with Crippen LogP contribution >= 0.6 is 0 Å². The van der Waals surface area contributed by atoms with Crippen LogP contribution in [0.5, 0.6) is 0 Å². The van der Waals surface area contributed by atoms with Gasteiger partial charge in [0.1, 0.15) is 6.54 Å². The molecule has 0 aliphatic heterocycles. The van der Waals surface area contributed by atoms with Gasteiger partial charge in [0.25, 0.3) is 0 Å². The van der Waals surface area contributed by atoms with Gasteiger partial charge in [-0.2, -0.15) is 0 Å². The lowest BCUT2D eigenvalue weighted by molar-refractivity contribution is -0.122. The fraction of sp³-hybridized carbons (Fsp3) is 0.182. The van der Waals surface area contributed by atoms with Crippen molar-refractivity contribution in [3.05, 3.63) is 88.0 Å². The summed E-state index contributed by atoms with van der Waals surface area (Å²) < 4.78 is 2.52. The van der Waals surface area contributed by atoms with Crippen molar-refractivity contribution in [2.45, 2.75) is 26.9 Å². The number of fused-ring (bicyclic) bond motifs is 1. The molecule has 0 radical (unpaired) electrons. The molecule has 4 rings (SSSR count). The van der Waals surface area contributed by atoms with Crippen molar-refractivity contribution in [1.29, 1.82) is 0 Å². The molecule has 4 aromatic rings. The molecule has 0 atom stereocenters. The molecule has 2 N–H and O–H groups in total. The molecule has 0 aliphatic rings. The number of amides is 1. The first kappa shape index (κ1) is 19.4. The van der Waals surface area contributed by atoms with E-state index in [1.54, 1.807) is 6.07 Å². The lowest BCUT2D eigenvalue weighted by atomic mass is 10.1. The minimum absolute atomic E-state index is 0.170. The van der Waals surface area contributed by atoms with E-state index in [9.17, 15) is 9.59 Å². The maximum atomic E-state index is 12.9. The maximum absolute atomic E-state index is 12.9. The van der Waals surface area contributed by atoms with Crippen molar-refractivity contribution in [2.24, 2.45) is 0 Å². The molecular formula is C22H22N6O2. The van der Waals surface area contributed by atoms with Crippen molar-refractivity contribution in [3.8, 4) is 0 Å². The van der Waals surface area contributed by atoms with E-state index in [4.69, 9.17) is 0 Å². The van der Waals surface area contributed by atoms with E-state index in [0.717, 1.165) is 21.5 Å². The molecule has 1 amide bonds. The van der Waals surface area contributed by atoms with Gasteiger partial charge in [0.15, 0.2) is 5.65 Å². The minimum Gasteiger partial charge on any atom is -0.350 e. The van der Waals surface area contributed by atoms with Crippen LogP contribution in [0.15, 0.2) is 65.5 Å². The topological polar surface area (TPSA) is 93.3 Å². The molecule has 0 unspecified atom stereocenters. The summed E-state index contributed by atoms with van der Waals surface area (Å²) in [5, 5.41) is 10.3. The average Bonchev–Trinajstić information content (AvgIpc) is 3.03. The van der Waals surface area contributed by atoms with E-state index in [1.807, 2.05) is 68.4 Å². The second-order valence-corrected chi connectivity index (χ2v) is 7.11. The monoisotopic (exact) mass is 402 g/mol. The number of para-hydroxylation sites is 1. The molecule has 0 fully saturated rings. The number of carbonyl (C=O) groups excluding carboxylic acids is 1. The van der Waals surface area contributed by atoms with E-state index in [1.165, 1.54) is 4.40 Å². The number of aryl methyl sites for hydroxylation is 2. The summed E-state index contributed by atoms with van der Waals surface area (Å²) in [6.45, 7) is 4.06. The predicted octanol–water partition coefficient (Wildman–Crippen LogP) is 2.57. The zero-order valence-corrected chi connectivity index (χ0v) is 16.8. The zero-order chi connectivity index (χ0) is 21.1. The highest BCUT2D eigenvalue weighted by molar-refractivity contribution is 5.75. The molecule has 0 saturated carbocycles. The van der Waals surface area contributed by atoms with Gasteiger partial charge in [0, 0.05) is 24.0 Å². The first-order valence-corrected chi connectivity index (χ1v) is 9.61. The highest BCUT2D eigenvalue weighted by atomic mass is 16.2. The van der Waals surface area contributed by atoms with E-state index in [-0.39, 0.29) is 12.5 Å². The Morgan fingerprint density at radius 2 is 1.77 bits per heavy atom. The van der Waals surface area contributed by atoms with Gasteiger partial charge >= 0.3 is 5.69 Å². The Kier molecular flexibility index (Phi) is 5.30. The Morgan fingerprint density at radius 1 is 1.03 bits per heavy atom. The highest BCUT2D eigenvalue weighted by Crippen LogP contribution is 2.15. The summed E-state index contributed by atoms with van der Waals surface area (Å²) in [7, 11) is 0. The van der Waals surface area contributed by atoms with Crippen LogP contribution in [0.3, 0.4) is 0 Å². The lowest BCUT2D eigenvalue weighted by Gasteiger charge is -2.07. The Labute approximate surface area is 173 Å². The highest BCUT2D eigenvalue weighted by Gasteiger charge is 2.15. The van der Waals surface area contributed by atoms with Crippen molar-refractivity contribution >= 4 is 23.2 Å². The molecular weight excluding hydrogens is 380 g/mol. The Balaban J connectivity index is 1.55. The van der Waals surface area contributed by atoms with E-state index in [0.29, 0.717) is 23.8 Å². The predicted molar refractivity (Wildman–Crippen MR) is 115 cm³/mol. The zero-order valence-electron chi connectivity index (χ0n) is 16.8. The summed E-state index contributed by atoms with van der Waals surface area (Å²) >= 11 is 0. The quantitative estimate of drug-likeness (QED) is 0.517. The molecule has 2 aromatic carbocycles. The third-order valence-corrected chi connectivity index (χ3v) is 4.63. The SMILES string of the molecule is Cc1ccc(CNC(=O)Cn2nc3cc(C)nc(Nc4ccccc4)n3c2=O)cc1. The third-order valence-electron chi connectivity index (χ3n) is 4.63. The largest absolute Gasteiger partial charge is 0.353 e. The summed E-state index contributed by atoms with van der Waals surface area (Å²) in [5.41, 5.74) is 3.66. The smallest absolute Gasteiger partial charge is 0.350 e. The van der Waals surface area contributed by atoms with Crippen LogP contribution in [-0.4, -0.2) is 25.1 Å². The second-order valence-electron chi connectivity index (χ2n) is 7.11. The van der Waals surface area contributed by atoms with Gasteiger partial charge in [-0.05, 0) is 31.5 Å². The van der Waals surface area contributed by atoms with Crippen LogP contribution in [-0.2, 0) is 17.9 Å². The number of benzene rings is 2. The molecule has 8 heteroatoms. The molecule has 2 aromatic heterocycles. The molecule has 8 nitrogen and oxygen atoms in total. The Bertz CT molecular complexity index is 1240. The number of aromatic nitrogens is 4. The van der Waals surface area contributed by atoms with E-state index < -0.39 is 5.69 Å². The van der Waals surface area contributed by atoms with Gasteiger partial charge in [-0.3, -0.25) is 4.79 Å². The third kappa shape index (κ3) is 4.22. The first-order valence-electron chi connectivity index (χ1n) is 9.61. The number of hydrogen-bond acceptors (Lipinski definition) is 5. The fourth-order valence-corrected chi connectivity index (χ4v) is 3.09. The van der Waals surface area contributed by atoms with Crippen molar-refractivity contribution in [2.75, 3.05) is 5.32 Å². The molecule has 30 heavy (non-hydrogen) atoms. The maximum Gasteiger partial charge on any atom is 0.353 e. The summed E-state index contributed by atoms with van der Waals surface area (Å²) in [5.74, 6) is 0.0656. The molecule has 0 spiro atoms. The minimum atomic E-state index is -0.429. The fourth-order valence-electron chi connectivity index (χ4n) is 3.09. The summed E-state index contributed by atoms with van der Waals surface area (Å²) in [4.78, 5) is 29.7. The summed E-state index contributed by atoms with van der Waals surface area (Å²) in [6, 6.07) is 19.1. The van der Waals surface area contributed by atoms with Gasteiger partial charge in [0.2, 0.25) is 11.9 Å². The van der Waals surface area contributed by atoms with Crippen molar-refractivity contribution in [3.63, 3.8) is 0 Å². The normalized spacial score (nSPS) is 10.9. The summed E-state index contributed by atoms with van der Waals surface area (Å²) in [6.07, 6.45) is 0. The molecule has 0 aliphatic carbocycles. The van der Waals surface area contributed by atoms with Crippen LogP contribution in [0.25, 0.3) is 5.65 Å². The molecule has 152 valence electrons. The first-order chi connectivity index (χ1) is 14.5. The van der Waals surface area contributed by atoms with Crippen LogP contribution in [0.1, 0.15) is 16.8 Å². The number of hydrogen-bond donors (Lipinski definition) is 2. The molecule has 0 bridgehead atoms. The molecule has 2 heterocycles. The lowest BCUT2D eigenvalue weighted by Crippen LogP contribution is -2.32. The second kappa shape index (κ2) is 8.20. The van der Waals surface area contributed by atoms with E-state index >= 15 is 0 Å². The van der Waals surface area contributed by atoms with Gasteiger partial charge < -0.3 is 10.6 Å². The van der Waals surface area contributed by atoms with Crippen molar-refractivity contribution in [1.82, 2.24) is 24.5 Å². The number of nitrogens with one attached hydrogen (secondary N) is 2. The number of carbonyl (C=O) groups is 1. The standard InChI is InChI=1S/C22H22N6O2/c1-15-8-10-17(11-9-15)13-23-20(29)14-27-22(30)28-19(26-27)12-16(2)24-21(28)25-18-6-4-3-5-7-18/h3-12H,13-14H2,1-2H3,(H,23,29)(H,24,25). The van der Waals surface area contributed by atoms with Crippen LogP contribution in [0.2, 0.25) is 0 Å². The number of rotatable bonds is 6. The van der Waals surface area contributed by atoms with Gasteiger partial charge in [-0.25, -0.2) is 18.9 Å². The van der Waals surface area contributed by atoms with Gasteiger partial charge in [0.05, 0.1) is 0 Å². The number of anilines is 2. The van der Waals surface area contributed by atoms with Crippen molar-refractivity contribution < 1.29 is 4.79 Å². The van der Waals surface area contributed by atoms with E-state index in [2.05, 4.69) is 20.7 Å². The molecule has 0 saturated heterocycles. The van der Waals surface area contributed by atoms with Crippen LogP contribution in [0.4, 0.5) is 11.6 Å². The van der Waals surface area contributed by atoms with Crippen LogP contribution in [0, 0.1) is 13.8 Å². The van der Waals surface area contributed by atoms with Gasteiger partial charge in [-0.1, -0.05) is 48.0 Å². The van der Waals surface area contributed by atoms with Gasteiger partial charge in [-0.15, -0.1) is 5.10 Å². The van der Waals surface area contributed by atoms with Crippen LogP contribution < -0.4 is 16.3 Å². The number of nitrogens with zero attached hydrogens (tertiary/aromatic N) is 4. The Morgan fingerprint density at radius 3 is 2.50 bits per heavy atom.